The van der Waals surface area contributed by atoms with E-state index < -0.39 is 4.92 Å². The lowest BCUT2D eigenvalue weighted by Gasteiger charge is -2.20. The third-order valence-corrected chi connectivity index (χ3v) is 3.06. The Morgan fingerprint density at radius 2 is 2.22 bits per heavy atom. The Bertz CT molecular complexity index is 497. The molecule has 1 aliphatic rings. The van der Waals surface area contributed by atoms with E-state index >= 15 is 0 Å². The largest absolute Gasteiger partial charge is 0.393 e. The van der Waals surface area contributed by atoms with Crippen molar-refractivity contribution in [2.45, 2.75) is 25.8 Å². The van der Waals surface area contributed by atoms with E-state index in [0.29, 0.717) is 18.2 Å². The van der Waals surface area contributed by atoms with Gasteiger partial charge in [0.15, 0.2) is 0 Å². The summed E-state index contributed by atoms with van der Waals surface area (Å²) in [6, 6.07) is 4.49. The van der Waals surface area contributed by atoms with Gasteiger partial charge >= 0.3 is 0 Å². The van der Waals surface area contributed by atoms with Gasteiger partial charge in [0.2, 0.25) is 0 Å². The number of carbonyl (C=O) groups excluding carboxylic acids is 1. The standard InChI is InChI=1S/C12H15N3O3/c1-2-14(9-4-5-9)12(16)8-3-6-10(13)11(7-8)15(17)18/h3,6-7,9H,2,4-5,13H2,1H3. The van der Waals surface area contributed by atoms with Crippen molar-refractivity contribution in [3.05, 3.63) is 33.9 Å². The molecule has 0 bridgehead atoms. The molecular weight excluding hydrogens is 234 g/mol. The number of carbonyl (C=O) groups is 1. The van der Waals surface area contributed by atoms with Crippen molar-refractivity contribution in [3.8, 4) is 0 Å². The predicted octanol–water partition coefficient (Wildman–Crippen LogP) is 1.80. The van der Waals surface area contributed by atoms with Crippen LogP contribution >= 0.6 is 0 Å². The van der Waals surface area contributed by atoms with Gasteiger partial charge in [0.1, 0.15) is 5.69 Å². The smallest absolute Gasteiger partial charge is 0.292 e. The molecule has 1 aromatic carbocycles. The molecule has 96 valence electrons. The van der Waals surface area contributed by atoms with Crippen molar-refractivity contribution in [3.63, 3.8) is 0 Å². The van der Waals surface area contributed by atoms with Crippen LogP contribution < -0.4 is 5.73 Å². The van der Waals surface area contributed by atoms with Crippen LogP contribution in [-0.4, -0.2) is 28.3 Å². The van der Waals surface area contributed by atoms with Gasteiger partial charge in [-0.25, -0.2) is 0 Å². The fourth-order valence-electron chi connectivity index (χ4n) is 1.95. The first-order valence-electron chi connectivity index (χ1n) is 5.89. The average molecular weight is 249 g/mol. The zero-order valence-electron chi connectivity index (χ0n) is 10.1. The molecule has 1 saturated carbocycles. The lowest BCUT2D eigenvalue weighted by Crippen LogP contribution is -2.32. The van der Waals surface area contributed by atoms with Gasteiger partial charge in [-0.05, 0) is 31.9 Å². The molecule has 1 aromatic rings. The normalized spacial score (nSPS) is 14.3. The second-order valence-electron chi connectivity index (χ2n) is 4.35. The molecule has 18 heavy (non-hydrogen) atoms. The van der Waals surface area contributed by atoms with E-state index in [1.807, 2.05) is 6.92 Å². The minimum atomic E-state index is -0.570. The molecule has 0 atom stereocenters. The van der Waals surface area contributed by atoms with Crippen molar-refractivity contribution in [1.29, 1.82) is 0 Å². The lowest BCUT2D eigenvalue weighted by atomic mass is 10.1. The maximum atomic E-state index is 12.2. The zero-order chi connectivity index (χ0) is 13.3. The predicted molar refractivity (Wildman–Crippen MR) is 67.2 cm³/mol. The van der Waals surface area contributed by atoms with E-state index in [-0.39, 0.29) is 17.3 Å². The number of nitrogens with zero attached hydrogens (tertiary/aromatic N) is 2. The van der Waals surface area contributed by atoms with Crippen LogP contribution in [0.2, 0.25) is 0 Å². The Morgan fingerprint density at radius 3 is 2.72 bits per heavy atom. The summed E-state index contributed by atoms with van der Waals surface area (Å²) < 4.78 is 0. The highest BCUT2D eigenvalue weighted by Crippen LogP contribution is 2.29. The summed E-state index contributed by atoms with van der Waals surface area (Å²) in [6.45, 7) is 2.52. The number of benzene rings is 1. The summed E-state index contributed by atoms with van der Waals surface area (Å²) in [5.41, 5.74) is 5.69. The van der Waals surface area contributed by atoms with Gasteiger partial charge in [-0.2, -0.15) is 0 Å². The lowest BCUT2D eigenvalue weighted by molar-refractivity contribution is -0.383. The summed E-state index contributed by atoms with van der Waals surface area (Å²) in [5.74, 6) is -0.164. The Kier molecular flexibility index (Phi) is 3.18. The van der Waals surface area contributed by atoms with E-state index in [2.05, 4.69) is 0 Å². The summed E-state index contributed by atoms with van der Waals surface area (Å²) >= 11 is 0. The molecule has 6 heteroatoms. The number of nitrogen functional groups attached to an aromatic ring is 1. The zero-order valence-corrected chi connectivity index (χ0v) is 10.1. The van der Waals surface area contributed by atoms with E-state index in [1.165, 1.54) is 18.2 Å². The SMILES string of the molecule is CCN(C(=O)c1ccc(N)c([N+](=O)[O-])c1)C1CC1. The molecule has 1 fully saturated rings. The molecule has 2 rings (SSSR count). The van der Waals surface area contributed by atoms with Crippen LogP contribution in [0.15, 0.2) is 18.2 Å². The number of hydrogen-bond donors (Lipinski definition) is 1. The van der Waals surface area contributed by atoms with E-state index in [4.69, 9.17) is 5.73 Å². The highest BCUT2D eigenvalue weighted by molar-refractivity contribution is 5.96. The highest BCUT2D eigenvalue weighted by atomic mass is 16.6. The fourth-order valence-corrected chi connectivity index (χ4v) is 1.95. The second kappa shape index (κ2) is 4.64. The molecular formula is C12H15N3O3. The fraction of sp³-hybridized carbons (Fsp3) is 0.417. The molecule has 0 unspecified atom stereocenters. The first-order chi connectivity index (χ1) is 8.54. The number of nitro benzene ring substituents is 1. The van der Waals surface area contributed by atoms with E-state index in [1.54, 1.807) is 4.90 Å². The van der Waals surface area contributed by atoms with Crippen LogP contribution in [0, 0.1) is 10.1 Å². The van der Waals surface area contributed by atoms with Crippen molar-refractivity contribution in [2.24, 2.45) is 0 Å². The molecule has 0 saturated heterocycles. The minimum Gasteiger partial charge on any atom is -0.393 e. The van der Waals surface area contributed by atoms with E-state index in [9.17, 15) is 14.9 Å². The molecule has 1 aliphatic carbocycles. The van der Waals surface area contributed by atoms with Crippen molar-refractivity contribution in [1.82, 2.24) is 4.90 Å². The number of anilines is 1. The van der Waals surface area contributed by atoms with Gasteiger partial charge in [0, 0.05) is 24.2 Å². The summed E-state index contributed by atoms with van der Waals surface area (Å²) in [7, 11) is 0. The number of hydrogen-bond acceptors (Lipinski definition) is 4. The number of nitrogens with two attached hydrogens (primary N) is 1. The molecule has 2 N–H and O–H groups in total. The first kappa shape index (κ1) is 12.3. The minimum absolute atomic E-state index is 0.0750. The van der Waals surface area contributed by atoms with Gasteiger partial charge in [-0.15, -0.1) is 0 Å². The van der Waals surface area contributed by atoms with Gasteiger partial charge in [-0.1, -0.05) is 0 Å². The molecule has 0 radical (unpaired) electrons. The monoisotopic (exact) mass is 249 g/mol. The van der Waals surface area contributed by atoms with Gasteiger partial charge < -0.3 is 10.6 Å². The van der Waals surface area contributed by atoms with E-state index in [0.717, 1.165) is 12.8 Å². The molecule has 1 amide bonds. The molecule has 6 nitrogen and oxygen atoms in total. The Hall–Kier alpha value is -2.11. The average Bonchev–Trinajstić information content (AvgIpc) is 3.14. The quantitative estimate of drug-likeness (QED) is 0.500. The summed E-state index contributed by atoms with van der Waals surface area (Å²) in [6.07, 6.45) is 2.02. The van der Waals surface area contributed by atoms with Gasteiger partial charge in [0.25, 0.3) is 11.6 Å². The second-order valence-corrected chi connectivity index (χ2v) is 4.35. The van der Waals surface area contributed by atoms with Crippen LogP contribution in [0.3, 0.4) is 0 Å². The van der Waals surface area contributed by atoms with Crippen LogP contribution in [0.4, 0.5) is 11.4 Å². The van der Waals surface area contributed by atoms with Crippen molar-refractivity contribution in [2.75, 3.05) is 12.3 Å². The maximum Gasteiger partial charge on any atom is 0.292 e. The van der Waals surface area contributed by atoms with Crippen LogP contribution in [0.25, 0.3) is 0 Å². The molecule has 0 aliphatic heterocycles. The Balaban J connectivity index is 2.30. The van der Waals surface area contributed by atoms with Gasteiger partial charge in [-0.3, -0.25) is 14.9 Å². The molecule has 0 spiro atoms. The number of nitro groups is 1. The van der Waals surface area contributed by atoms with Crippen LogP contribution in [0.5, 0.6) is 0 Å². The van der Waals surface area contributed by atoms with Crippen molar-refractivity contribution < 1.29 is 9.72 Å². The Labute approximate surface area is 105 Å². The van der Waals surface area contributed by atoms with Crippen molar-refractivity contribution >= 4 is 17.3 Å². The molecule has 0 aromatic heterocycles. The highest BCUT2D eigenvalue weighted by Gasteiger charge is 2.32. The molecule has 0 heterocycles. The first-order valence-corrected chi connectivity index (χ1v) is 5.89. The third kappa shape index (κ3) is 2.27. The van der Waals surface area contributed by atoms with Gasteiger partial charge in [0.05, 0.1) is 4.92 Å². The maximum absolute atomic E-state index is 12.2. The van der Waals surface area contributed by atoms with Crippen LogP contribution in [-0.2, 0) is 0 Å². The number of amides is 1. The topological polar surface area (TPSA) is 89.5 Å². The summed E-state index contributed by atoms with van der Waals surface area (Å²) in [4.78, 5) is 24.2. The van der Waals surface area contributed by atoms with Crippen LogP contribution in [0.1, 0.15) is 30.1 Å². The third-order valence-electron chi connectivity index (χ3n) is 3.06. The Morgan fingerprint density at radius 1 is 1.56 bits per heavy atom. The number of rotatable bonds is 4. The summed E-state index contributed by atoms with van der Waals surface area (Å²) in [5, 5.41) is 10.8.